The van der Waals surface area contributed by atoms with Gasteiger partial charge in [-0.15, -0.1) is 0 Å². The Balaban J connectivity index is 1.43. The Morgan fingerprint density at radius 2 is 1.90 bits per heavy atom. The van der Waals surface area contributed by atoms with Crippen LogP contribution in [0.25, 0.3) is 0 Å². The van der Waals surface area contributed by atoms with E-state index in [0.29, 0.717) is 22.9 Å². The molecule has 8 unspecified atom stereocenters. The van der Waals surface area contributed by atoms with Gasteiger partial charge in [-0.3, -0.25) is 0 Å². The van der Waals surface area contributed by atoms with E-state index in [9.17, 15) is 5.11 Å². The smallest absolute Gasteiger partial charge is 0.0594 e. The number of hydrogen-bond acceptors (Lipinski definition) is 2. The van der Waals surface area contributed by atoms with E-state index in [2.05, 4.69) is 33.8 Å². The molecular formula is C27H46O2. The van der Waals surface area contributed by atoms with Gasteiger partial charge >= 0.3 is 0 Å². The molecule has 3 fully saturated rings. The van der Waals surface area contributed by atoms with Crippen molar-refractivity contribution in [3.05, 3.63) is 11.6 Å². The van der Waals surface area contributed by atoms with Gasteiger partial charge in [0.15, 0.2) is 0 Å². The first-order chi connectivity index (χ1) is 13.8. The molecule has 0 aliphatic heterocycles. The highest BCUT2D eigenvalue weighted by molar-refractivity contribution is 5.25. The number of methoxy groups -OCH3 is 1. The summed E-state index contributed by atoms with van der Waals surface area (Å²) in [4.78, 5) is 0. The third-order valence-electron chi connectivity index (χ3n) is 10.4. The molecule has 0 bridgehead atoms. The first kappa shape index (κ1) is 21.9. The van der Waals surface area contributed by atoms with E-state index in [1.807, 2.05) is 7.11 Å². The highest BCUT2D eigenvalue weighted by Gasteiger charge is 2.58. The van der Waals surface area contributed by atoms with Gasteiger partial charge in [0.25, 0.3) is 0 Å². The van der Waals surface area contributed by atoms with Crippen LogP contribution < -0.4 is 0 Å². The summed E-state index contributed by atoms with van der Waals surface area (Å²) in [7, 11) is 1.88. The topological polar surface area (TPSA) is 29.5 Å². The first-order valence-electron chi connectivity index (χ1n) is 12.7. The zero-order valence-corrected chi connectivity index (χ0v) is 19.8. The van der Waals surface area contributed by atoms with Crippen molar-refractivity contribution in [3.8, 4) is 0 Å². The molecule has 1 N–H and O–H groups in total. The van der Waals surface area contributed by atoms with E-state index < -0.39 is 0 Å². The van der Waals surface area contributed by atoms with E-state index in [1.165, 1.54) is 57.8 Å². The Bertz CT molecular complexity index is 610. The fraction of sp³-hybridized carbons (Fsp3) is 0.926. The van der Waals surface area contributed by atoms with Gasteiger partial charge < -0.3 is 9.84 Å². The molecule has 0 aromatic heterocycles. The molecule has 3 saturated carbocycles. The van der Waals surface area contributed by atoms with Crippen molar-refractivity contribution < 1.29 is 9.84 Å². The lowest BCUT2D eigenvalue weighted by molar-refractivity contribution is -0.0513. The predicted molar refractivity (Wildman–Crippen MR) is 121 cm³/mol. The van der Waals surface area contributed by atoms with Crippen LogP contribution in [-0.4, -0.2) is 24.4 Å². The minimum absolute atomic E-state index is 0.0858. The summed E-state index contributed by atoms with van der Waals surface area (Å²) < 4.78 is 5.72. The van der Waals surface area contributed by atoms with E-state index in [4.69, 9.17) is 4.74 Å². The number of aliphatic hydroxyl groups is 1. The molecule has 29 heavy (non-hydrogen) atoms. The maximum atomic E-state index is 10.2. The summed E-state index contributed by atoms with van der Waals surface area (Å²) in [6, 6.07) is 0. The Labute approximate surface area is 179 Å². The van der Waals surface area contributed by atoms with Crippen molar-refractivity contribution in [1.82, 2.24) is 0 Å². The minimum Gasteiger partial charge on any atom is -0.393 e. The number of hydrogen-bond donors (Lipinski definition) is 1. The first-order valence-corrected chi connectivity index (χ1v) is 12.7. The molecule has 0 radical (unpaired) electrons. The highest BCUT2D eigenvalue weighted by Crippen LogP contribution is 2.66. The van der Waals surface area contributed by atoms with E-state index in [-0.39, 0.29) is 6.10 Å². The molecular weight excluding hydrogens is 356 g/mol. The molecule has 0 spiro atoms. The summed E-state index contributed by atoms with van der Waals surface area (Å²) in [6.07, 6.45) is 17.1. The molecule has 0 aromatic carbocycles. The fourth-order valence-corrected chi connectivity index (χ4v) is 8.51. The van der Waals surface area contributed by atoms with Crippen LogP contribution in [0.4, 0.5) is 0 Å². The summed E-state index contributed by atoms with van der Waals surface area (Å²) >= 11 is 0. The zero-order valence-electron chi connectivity index (χ0n) is 19.8. The monoisotopic (exact) mass is 402 g/mol. The number of allylic oxidation sites excluding steroid dienone is 1. The van der Waals surface area contributed by atoms with Crippen LogP contribution in [0.1, 0.15) is 98.3 Å². The number of ether oxygens (including phenoxy) is 1. The third kappa shape index (κ3) is 3.75. The third-order valence-corrected chi connectivity index (χ3v) is 10.4. The van der Waals surface area contributed by atoms with Crippen LogP contribution in [0.5, 0.6) is 0 Å². The van der Waals surface area contributed by atoms with Gasteiger partial charge in [-0.1, -0.05) is 45.8 Å². The van der Waals surface area contributed by atoms with Gasteiger partial charge in [0.1, 0.15) is 0 Å². The summed E-state index contributed by atoms with van der Waals surface area (Å²) in [5.41, 5.74) is 2.55. The molecule has 2 nitrogen and oxygen atoms in total. The van der Waals surface area contributed by atoms with Crippen molar-refractivity contribution in [3.63, 3.8) is 0 Å². The quantitative estimate of drug-likeness (QED) is 0.497. The van der Waals surface area contributed by atoms with Crippen molar-refractivity contribution in [2.45, 2.75) is 111 Å². The lowest BCUT2D eigenvalue weighted by Crippen LogP contribution is -2.50. The van der Waals surface area contributed by atoms with Crippen molar-refractivity contribution in [1.29, 1.82) is 0 Å². The second-order valence-corrected chi connectivity index (χ2v) is 11.9. The molecule has 0 aromatic rings. The van der Waals surface area contributed by atoms with E-state index >= 15 is 0 Å². The second-order valence-electron chi connectivity index (χ2n) is 11.9. The van der Waals surface area contributed by atoms with Crippen LogP contribution in [0, 0.1) is 40.4 Å². The summed E-state index contributed by atoms with van der Waals surface area (Å²) in [6.45, 7) is 9.79. The molecule has 0 amide bonds. The van der Waals surface area contributed by atoms with Gasteiger partial charge in [-0.05, 0) is 105 Å². The van der Waals surface area contributed by atoms with Crippen LogP contribution in [-0.2, 0) is 4.74 Å². The van der Waals surface area contributed by atoms with Crippen molar-refractivity contribution in [2.24, 2.45) is 40.4 Å². The second kappa shape index (κ2) is 8.30. The summed E-state index contributed by atoms with van der Waals surface area (Å²) in [5, 5.41) is 10.2. The molecule has 4 rings (SSSR count). The van der Waals surface area contributed by atoms with Gasteiger partial charge in [0.2, 0.25) is 0 Å². The molecule has 4 aliphatic carbocycles. The zero-order chi connectivity index (χ0) is 20.8. The Morgan fingerprint density at radius 3 is 2.62 bits per heavy atom. The fourth-order valence-electron chi connectivity index (χ4n) is 8.51. The molecule has 166 valence electrons. The largest absolute Gasteiger partial charge is 0.393 e. The average molecular weight is 403 g/mol. The predicted octanol–water partition coefficient (Wildman–Crippen LogP) is 6.77. The molecule has 2 heteroatoms. The van der Waals surface area contributed by atoms with Gasteiger partial charge in [0.05, 0.1) is 12.2 Å². The minimum atomic E-state index is -0.0858. The standard InChI is InChI=1S/C27H46O2/c1-18(2)25(29-5)8-6-7-19-10-12-23-22-11-9-20-17-21(28)13-15-27(20,4)24(22)14-16-26(19,23)3/h9,18-19,21-25,28H,6-8,10-17H2,1-5H3. The van der Waals surface area contributed by atoms with Crippen molar-refractivity contribution >= 4 is 0 Å². The number of fused-ring (bicyclic) bond motifs is 5. The molecule has 0 saturated heterocycles. The molecule has 0 heterocycles. The van der Waals surface area contributed by atoms with Gasteiger partial charge in [0, 0.05) is 7.11 Å². The van der Waals surface area contributed by atoms with Crippen molar-refractivity contribution in [2.75, 3.05) is 7.11 Å². The Morgan fingerprint density at radius 1 is 1.10 bits per heavy atom. The van der Waals surface area contributed by atoms with Crippen LogP contribution >= 0.6 is 0 Å². The Hall–Kier alpha value is -0.340. The van der Waals surface area contributed by atoms with Gasteiger partial charge in [-0.25, -0.2) is 0 Å². The maximum Gasteiger partial charge on any atom is 0.0594 e. The molecule has 8 atom stereocenters. The average Bonchev–Trinajstić information content (AvgIpc) is 3.02. The number of rotatable bonds is 6. The SMILES string of the molecule is COC(CCCC1CCC2C3CC=C4CC(O)CCC4(C)C3CCC12C)C(C)C. The van der Waals surface area contributed by atoms with Crippen LogP contribution in [0.3, 0.4) is 0 Å². The highest BCUT2D eigenvalue weighted by atomic mass is 16.5. The molecule has 4 aliphatic rings. The Kier molecular flexibility index (Phi) is 6.26. The van der Waals surface area contributed by atoms with E-state index in [0.717, 1.165) is 36.5 Å². The maximum absolute atomic E-state index is 10.2. The van der Waals surface area contributed by atoms with Crippen LogP contribution in [0.2, 0.25) is 0 Å². The lowest BCUT2D eigenvalue weighted by Gasteiger charge is -2.58. The normalized spacial score (nSPS) is 45.3. The summed E-state index contributed by atoms with van der Waals surface area (Å²) in [5.74, 6) is 4.23. The van der Waals surface area contributed by atoms with Gasteiger partial charge in [-0.2, -0.15) is 0 Å². The van der Waals surface area contributed by atoms with Crippen LogP contribution in [0.15, 0.2) is 11.6 Å². The lowest BCUT2D eigenvalue weighted by atomic mass is 9.47. The van der Waals surface area contributed by atoms with E-state index in [1.54, 1.807) is 5.57 Å². The number of aliphatic hydroxyl groups excluding tert-OH is 1.